The van der Waals surface area contributed by atoms with Crippen LogP contribution in [0.15, 0.2) is 30.3 Å². The first-order chi connectivity index (χ1) is 9.61. The number of hydrogen-bond donors (Lipinski definition) is 2. The highest BCUT2D eigenvalue weighted by Gasteiger charge is 2.47. The van der Waals surface area contributed by atoms with E-state index in [2.05, 4.69) is 24.1 Å². The Labute approximate surface area is 126 Å². The van der Waals surface area contributed by atoms with Crippen molar-refractivity contribution in [3.8, 4) is 0 Å². The first-order valence-electron chi connectivity index (χ1n) is 6.96. The SMILES string of the molecule is CC1(C)CC(C)(CS(=O)(=O)NNC(=O)c2ccccc2)C1. The van der Waals surface area contributed by atoms with E-state index in [1.807, 2.05) is 6.92 Å². The molecule has 0 aliphatic heterocycles. The van der Waals surface area contributed by atoms with E-state index in [0.717, 1.165) is 12.8 Å². The molecule has 0 aromatic heterocycles. The molecule has 1 saturated carbocycles. The van der Waals surface area contributed by atoms with Crippen molar-refractivity contribution in [2.45, 2.75) is 33.6 Å². The summed E-state index contributed by atoms with van der Waals surface area (Å²) < 4.78 is 24.1. The molecule has 5 nitrogen and oxygen atoms in total. The zero-order chi connectivity index (χ0) is 15.7. The molecule has 0 spiro atoms. The summed E-state index contributed by atoms with van der Waals surface area (Å²) in [6, 6.07) is 8.49. The topological polar surface area (TPSA) is 75.3 Å². The van der Waals surface area contributed by atoms with Crippen molar-refractivity contribution in [3.05, 3.63) is 35.9 Å². The summed E-state index contributed by atoms with van der Waals surface area (Å²) in [5.41, 5.74) is 2.66. The third-order valence-electron chi connectivity index (χ3n) is 3.71. The lowest BCUT2D eigenvalue weighted by Gasteiger charge is -2.51. The maximum absolute atomic E-state index is 12.1. The van der Waals surface area contributed by atoms with E-state index in [4.69, 9.17) is 0 Å². The quantitative estimate of drug-likeness (QED) is 0.818. The second-order valence-corrected chi connectivity index (χ2v) is 8.73. The van der Waals surface area contributed by atoms with Gasteiger partial charge in [0, 0.05) is 5.56 Å². The molecule has 1 amide bonds. The fourth-order valence-electron chi connectivity index (χ4n) is 3.64. The zero-order valence-corrected chi connectivity index (χ0v) is 13.5. The third-order valence-corrected chi connectivity index (χ3v) is 5.20. The lowest BCUT2D eigenvalue weighted by molar-refractivity contribution is 0.0227. The Kier molecular flexibility index (Phi) is 4.13. The van der Waals surface area contributed by atoms with Crippen LogP contribution in [-0.4, -0.2) is 20.1 Å². The standard InChI is InChI=1S/C15H22N2O3S/c1-14(2)9-15(3,10-14)11-21(19,20)17-16-13(18)12-7-5-4-6-8-12/h4-8,17H,9-11H2,1-3H3,(H,16,18). The van der Waals surface area contributed by atoms with Crippen molar-refractivity contribution in [2.24, 2.45) is 10.8 Å². The molecule has 2 N–H and O–H groups in total. The Morgan fingerprint density at radius 3 is 2.24 bits per heavy atom. The highest BCUT2D eigenvalue weighted by molar-refractivity contribution is 7.89. The van der Waals surface area contributed by atoms with Crippen LogP contribution in [0.3, 0.4) is 0 Å². The van der Waals surface area contributed by atoms with Crippen molar-refractivity contribution >= 4 is 15.9 Å². The number of amides is 1. The molecule has 21 heavy (non-hydrogen) atoms. The van der Waals surface area contributed by atoms with Crippen LogP contribution in [0, 0.1) is 10.8 Å². The van der Waals surface area contributed by atoms with Gasteiger partial charge < -0.3 is 0 Å². The van der Waals surface area contributed by atoms with Crippen LogP contribution >= 0.6 is 0 Å². The molecule has 1 aromatic rings. The molecular formula is C15H22N2O3S. The van der Waals surface area contributed by atoms with Crippen LogP contribution in [0.1, 0.15) is 44.0 Å². The van der Waals surface area contributed by atoms with Gasteiger partial charge in [0.15, 0.2) is 0 Å². The predicted molar refractivity (Wildman–Crippen MR) is 82.0 cm³/mol. The van der Waals surface area contributed by atoms with E-state index in [0.29, 0.717) is 5.56 Å². The summed E-state index contributed by atoms with van der Waals surface area (Å²) in [7, 11) is -3.54. The molecule has 0 saturated heterocycles. The van der Waals surface area contributed by atoms with Gasteiger partial charge in [0.2, 0.25) is 10.0 Å². The fourth-order valence-corrected chi connectivity index (χ4v) is 5.08. The van der Waals surface area contributed by atoms with Crippen molar-refractivity contribution in [3.63, 3.8) is 0 Å². The molecule has 1 aliphatic carbocycles. The van der Waals surface area contributed by atoms with Gasteiger partial charge in [-0.3, -0.25) is 10.2 Å². The van der Waals surface area contributed by atoms with E-state index < -0.39 is 15.9 Å². The van der Waals surface area contributed by atoms with Gasteiger partial charge >= 0.3 is 0 Å². The number of hydrogen-bond acceptors (Lipinski definition) is 3. The van der Waals surface area contributed by atoms with Gasteiger partial charge in [0.05, 0.1) is 5.75 Å². The summed E-state index contributed by atoms with van der Waals surface area (Å²) in [5, 5.41) is 0. The van der Waals surface area contributed by atoms with Crippen molar-refractivity contribution in [2.75, 3.05) is 5.75 Å². The number of rotatable bonds is 5. The third kappa shape index (κ3) is 4.28. The molecular weight excluding hydrogens is 288 g/mol. The van der Waals surface area contributed by atoms with Gasteiger partial charge in [-0.25, -0.2) is 8.42 Å². The maximum Gasteiger partial charge on any atom is 0.266 e. The molecule has 1 fully saturated rings. The molecule has 0 heterocycles. The summed E-state index contributed by atoms with van der Waals surface area (Å²) in [4.78, 5) is 14.0. The van der Waals surface area contributed by atoms with Crippen LogP contribution in [0.4, 0.5) is 0 Å². The predicted octanol–water partition coefficient (Wildman–Crippen LogP) is 2.08. The number of benzene rings is 1. The number of nitrogens with one attached hydrogen (secondary N) is 2. The van der Waals surface area contributed by atoms with E-state index in [1.54, 1.807) is 30.3 Å². The Morgan fingerprint density at radius 1 is 1.14 bits per heavy atom. The number of carbonyl (C=O) groups excluding carboxylic acids is 1. The van der Waals surface area contributed by atoms with E-state index >= 15 is 0 Å². The molecule has 116 valence electrons. The van der Waals surface area contributed by atoms with Crippen LogP contribution < -0.4 is 10.3 Å². The molecule has 0 atom stereocenters. The lowest BCUT2D eigenvalue weighted by Crippen LogP contribution is -2.50. The molecule has 1 aromatic carbocycles. The molecule has 0 radical (unpaired) electrons. The van der Waals surface area contributed by atoms with Gasteiger partial charge in [-0.05, 0) is 35.8 Å². The second-order valence-electron chi connectivity index (χ2n) is 7.01. The van der Waals surface area contributed by atoms with Gasteiger partial charge in [-0.2, -0.15) is 0 Å². The van der Waals surface area contributed by atoms with Gasteiger partial charge in [-0.15, -0.1) is 4.83 Å². The van der Waals surface area contributed by atoms with Gasteiger partial charge in [-0.1, -0.05) is 39.0 Å². The first-order valence-corrected chi connectivity index (χ1v) is 8.61. The van der Waals surface area contributed by atoms with Crippen molar-refractivity contribution < 1.29 is 13.2 Å². The average Bonchev–Trinajstić information content (AvgIpc) is 2.33. The minimum Gasteiger partial charge on any atom is -0.274 e. The summed E-state index contributed by atoms with van der Waals surface area (Å²) in [6.07, 6.45) is 1.74. The van der Waals surface area contributed by atoms with Gasteiger partial charge in [0.1, 0.15) is 0 Å². The monoisotopic (exact) mass is 310 g/mol. The van der Waals surface area contributed by atoms with Crippen molar-refractivity contribution in [1.29, 1.82) is 0 Å². The molecule has 2 rings (SSSR count). The highest BCUT2D eigenvalue weighted by Crippen LogP contribution is 2.54. The molecule has 0 unspecified atom stereocenters. The molecule has 0 bridgehead atoms. The first kappa shape index (κ1) is 16.0. The average molecular weight is 310 g/mol. The normalized spacial score (nSPS) is 19.6. The zero-order valence-electron chi connectivity index (χ0n) is 12.6. The van der Waals surface area contributed by atoms with Crippen LogP contribution in [0.25, 0.3) is 0 Å². The number of carbonyl (C=O) groups is 1. The Balaban J connectivity index is 1.89. The van der Waals surface area contributed by atoms with E-state index in [-0.39, 0.29) is 16.6 Å². The summed E-state index contributed by atoms with van der Waals surface area (Å²) >= 11 is 0. The minimum atomic E-state index is -3.54. The summed E-state index contributed by atoms with van der Waals surface area (Å²) in [5.74, 6) is -0.434. The van der Waals surface area contributed by atoms with E-state index in [9.17, 15) is 13.2 Å². The van der Waals surface area contributed by atoms with Crippen LogP contribution in [-0.2, 0) is 10.0 Å². The number of hydrazine groups is 1. The molecule has 1 aliphatic rings. The highest BCUT2D eigenvalue weighted by atomic mass is 32.2. The smallest absolute Gasteiger partial charge is 0.266 e. The van der Waals surface area contributed by atoms with Crippen molar-refractivity contribution in [1.82, 2.24) is 10.3 Å². The Bertz CT molecular complexity index is 616. The van der Waals surface area contributed by atoms with Crippen LogP contribution in [0.5, 0.6) is 0 Å². The Morgan fingerprint density at radius 2 is 1.71 bits per heavy atom. The van der Waals surface area contributed by atoms with E-state index in [1.165, 1.54) is 0 Å². The Hall–Kier alpha value is -1.40. The minimum absolute atomic E-state index is 0.0263. The maximum atomic E-state index is 12.1. The number of sulfonamides is 1. The van der Waals surface area contributed by atoms with Crippen LogP contribution in [0.2, 0.25) is 0 Å². The van der Waals surface area contributed by atoms with Gasteiger partial charge in [0.25, 0.3) is 5.91 Å². The second kappa shape index (κ2) is 5.42. The largest absolute Gasteiger partial charge is 0.274 e. The lowest BCUT2D eigenvalue weighted by atomic mass is 9.56. The summed E-state index contributed by atoms with van der Waals surface area (Å²) in [6.45, 7) is 6.23. The molecule has 6 heteroatoms. The fraction of sp³-hybridized carbons (Fsp3) is 0.533.